The van der Waals surface area contributed by atoms with E-state index >= 15 is 0 Å². The molecule has 0 atom stereocenters. The van der Waals surface area contributed by atoms with Gasteiger partial charge in [-0.2, -0.15) is 5.10 Å². The van der Waals surface area contributed by atoms with Crippen molar-refractivity contribution in [2.24, 2.45) is 0 Å². The van der Waals surface area contributed by atoms with Crippen LogP contribution in [-0.4, -0.2) is 33.8 Å². The monoisotopic (exact) mass is 433 g/mol. The van der Waals surface area contributed by atoms with Crippen LogP contribution in [0.25, 0.3) is 10.8 Å². The molecule has 0 saturated carbocycles. The van der Waals surface area contributed by atoms with Gasteiger partial charge in [-0.3, -0.25) is 9.59 Å². The number of nitrogens with one attached hydrogen (secondary N) is 1. The van der Waals surface area contributed by atoms with E-state index in [1.54, 1.807) is 18.3 Å². The van der Waals surface area contributed by atoms with E-state index in [2.05, 4.69) is 27.2 Å². The van der Waals surface area contributed by atoms with Crippen molar-refractivity contribution in [2.75, 3.05) is 18.0 Å². The smallest absolute Gasteiger partial charge is 0.274 e. The number of rotatable bonds is 8. The van der Waals surface area contributed by atoms with Gasteiger partial charge in [0.25, 0.3) is 11.5 Å². The Bertz CT molecular complexity index is 1130. The topological polar surface area (TPSA) is 80.1 Å². The summed E-state index contributed by atoms with van der Waals surface area (Å²) in [6, 6.07) is 11.1. The van der Waals surface area contributed by atoms with E-state index in [1.807, 2.05) is 24.3 Å². The normalized spacial score (nSPS) is 14.0. The van der Waals surface area contributed by atoms with Gasteiger partial charge in [0.05, 0.1) is 5.39 Å². The molecule has 0 spiro atoms. The van der Waals surface area contributed by atoms with Crippen molar-refractivity contribution in [3.8, 4) is 0 Å². The molecule has 7 nitrogen and oxygen atoms in total. The predicted molar refractivity (Wildman–Crippen MR) is 127 cm³/mol. The van der Waals surface area contributed by atoms with Crippen LogP contribution in [0.15, 0.2) is 47.4 Å². The number of anilines is 1. The third-order valence-electron chi connectivity index (χ3n) is 6.02. The first kappa shape index (κ1) is 22.0. The highest BCUT2D eigenvalue weighted by atomic mass is 16.2. The number of unbranched alkanes of at least 4 members (excludes halogenated alkanes) is 2. The number of fused-ring (bicyclic) bond motifs is 1. The standard InChI is InChI=1S/C25H31N5O2/c1-2-3-7-17-30-25(32)21-13-6-5-12-20(21)22(28-30)24(31)27-18-19-11-10-14-26-23(19)29-15-8-4-9-16-29/h5-6,10-14H,2-4,7-9,15-18H2,1H3,(H,27,31). The summed E-state index contributed by atoms with van der Waals surface area (Å²) in [4.78, 5) is 32.9. The summed E-state index contributed by atoms with van der Waals surface area (Å²) in [6.45, 7) is 4.98. The van der Waals surface area contributed by atoms with Crippen LogP contribution in [0.4, 0.5) is 5.82 Å². The molecule has 2 aromatic heterocycles. The summed E-state index contributed by atoms with van der Waals surface area (Å²) in [5, 5.41) is 8.59. The van der Waals surface area contributed by atoms with Gasteiger partial charge in [-0.1, -0.05) is 44.0 Å². The molecule has 0 bridgehead atoms. The quantitative estimate of drug-likeness (QED) is 0.545. The minimum absolute atomic E-state index is 0.145. The van der Waals surface area contributed by atoms with Crippen molar-refractivity contribution in [3.05, 3.63) is 64.2 Å². The number of amides is 1. The molecule has 4 rings (SSSR count). The number of hydrogen-bond acceptors (Lipinski definition) is 5. The molecule has 1 amide bonds. The highest BCUT2D eigenvalue weighted by molar-refractivity contribution is 6.04. The average molecular weight is 434 g/mol. The second kappa shape index (κ2) is 10.4. The molecular formula is C25H31N5O2. The van der Waals surface area contributed by atoms with E-state index in [-0.39, 0.29) is 11.5 Å². The number of aryl methyl sites for hydroxylation is 1. The molecule has 168 valence electrons. The van der Waals surface area contributed by atoms with Gasteiger partial charge in [0, 0.05) is 43.3 Å². The minimum Gasteiger partial charge on any atom is -0.356 e. The lowest BCUT2D eigenvalue weighted by Crippen LogP contribution is -2.33. The first-order valence-electron chi connectivity index (χ1n) is 11.7. The van der Waals surface area contributed by atoms with E-state index in [0.29, 0.717) is 29.6 Å². The summed E-state index contributed by atoms with van der Waals surface area (Å²) in [7, 11) is 0. The van der Waals surface area contributed by atoms with Gasteiger partial charge >= 0.3 is 0 Å². The summed E-state index contributed by atoms with van der Waals surface area (Å²) >= 11 is 0. The Hall–Kier alpha value is -3.22. The lowest BCUT2D eigenvalue weighted by Gasteiger charge is -2.29. The van der Waals surface area contributed by atoms with Crippen LogP contribution in [0.2, 0.25) is 0 Å². The fraction of sp³-hybridized carbons (Fsp3) is 0.440. The number of nitrogens with zero attached hydrogens (tertiary/aromatic N) is 4. The Morgan fingerprint density at radius 3 is 2.59 bits per heavy atom. The van der Waals surface area contributed by atoms with Crippen molar-refractivity contribution in [1.29, 1.82) is 0 Å². The van der Waals surface area contributed by atoms with E-state index in [0.717, 1.165) is 56.6 Å². The average Bonchev–Trinajstić information content (AvgIpc) is 2.85. The maximum absolute atomic E-state index is 13.2. The molecule has 1 aliphatic heterocycles. The molecule has 0 unspecified atom stereocenters. The molecule has 3 aromatic rings. The Labute approximate surface area is 188 Å². The van der Waals surface area contributed by atoms with Crippen LogP contribution in [0.3, 0.4) is 0 Å². The summed E-state index contributed by atoms with van der Waals surface area (Å²) < 4.78 is 1.44. The minimum atomic E-state index is -0.279. The molecule has 1 aromatic carbocycles. The lowest BCUT2D eigenvalue weighted by atomic mass is 10.1. The zero-order valence-corrected chi connectivity index (χ0v) is 18.7. The van der Waals surface area contributed by atoms with E-state index in [4.69, 9.17) is 0 Å². The Morgan fingerprint density at radius 2 is 1.81 bits per heavy atom. The number of carbonyl (C=O) groups is 1. The third kappa shape index (κ3) is 4.82. The highest BCUT2D eigenvalue weighted by Crippen LogP contribution is 2.22. The summed E-state index contributed by atoms with van der Waals surface area (Å²) in [5.41, 5.74) is 1.14. The number of hydrogen-bond donors (Lipinski definition) is 1. The van der Waals surface area contributed by atoms with Crippen molar-refractivity contribution >= 4 is 22.5 Å². The van der Waals surface area contributed by atoms with E-state index in [1.165, 1.54) is 11.1 Å². The molecule has 1 N–H and O–H groups in total. The van der Waals surface area contributed by atoms with Gasteiger partial charge in [-0.25, -0.2) is 9.67 Å². The summed E-state index contributed by atoms with van der Waals surface area (Å²) in [6.07, 6.45) is 8.31. The molecule has 3 heterocycles. The van der Waals surface area contributed by atoms with Crippen LogP contribution in [0.1, 0.15) is 61.5 Å². The number of piperidine rings is 1. The van der Waals surface area contributed by atoms with Crippen molar-refractivity contribution in [3.63, 3.8) is 0 Å². The molecule has 32 heavy (non-hydrogen) atoms. The maximum atomic E-state index is 13.2. The number of carbonyl (C=O) groups excluding carboxylic acids is 1. The predicted octanol–water partition coefficient (Wildman–Crippen LogP) is 3.90. The van der Waals surface area contributed by atoms with Crippen LogP contribution in [0.5, 0.6) is 0 Å². The molecular weight excluding hydrogens is 402 g/mol. The number of pyridine rings is 1. The Morgan fingerprint density at radius 1 is 1.03 bits per heavy atom. The van der Waals surface area contributed by atoms with Crippen molar-refractivity contribution in [2.45, 2.75) is 58.5 Å². The van der Waals surface area contributed by atoms with Gasteiger partial charge in [0.2, 0.25) is 0 Å². The second-order valence-corrected chi connectivity index (χ2v) is 8.35. The van der Waals surface area contributed by atoms with Crippen molar-refractivity contribution in [1.82, 2.24) is 20.1 Å². The van der Waals surface area contributed by atoms with Crippen LogP contribution >= 0.6 is 0 Å². The molecule has 0 aliphatic carbocycles. The molecule has 7 heteroatoms. The molecule has 1 fully saturated rings. The highest BCUT2D eigenvalue weighted by Gasteiger charge is 2.19. The van der Waals surface area contributed by atoms with Crippen LogP contribution < -0.4 is 15.8 Å². The third-order valence-corrected chi connectivity index (χ3v) is 6.02. The van der Waals surface area contributed by atoms with E-state index in [9.17, 15) is 9.59 Å². The lowest BCUT2D eigenvalue weighted by molar-refractivity contribution is 0.0945. The zero-order valence-electron chi connectivity index (χ0n) is 18.7. The SMILES string of the molecule is CCCCCn1nc(C(=O)NCc2cccnc2N2CCCCC2)c2ccccc2c1=O. The van der Waals surface area contributed by atoms with Gasteiger partial charge < -0.3 is 10.2 Å². The Kier molecular flexibility index (Phi) is 7.14. The molecule has 1 saturated heterocycles. The van der Waals surface area contributed by atoms with Gasteiger partial charge in [-0.05, 0) is 37.8 Å². The molecule has 0 radical (unpaired) electrons. The van der Waals surface area contributed by atoms with E-state index < -0.39 is 0 Å². The van der Waals surface area contributed by atoms with Gasteiger partial charge in [0.1, 0.15) is 5.82 Å². The number of benzene rings is 1. The van der Waals surface area contributed by atoms with Crippen LogP contribution in [0, 0.1) is 0 Å². The zero-order chi connectivity index (χ0) is 22.3. The Balaban J connectivity index is 1.58. The first-order valence-corrected chi connectivity index (χ1v) is 11.7. The number of aromatic nitrogens is 3. The fourth-order valence-electron chi connectivity index (χ4n) is 4.28. The van der Waals surface area contributed by atoms with Crippen LogP contribution in [-0.2, 0) is 13.1 Å². The fourth-order valence-corrected chi connectivity index (χ4v) is 4.28. The second-order valence-electron chi connectivity index (χ2n) is 8.35. The molecule has 1 aliphatic rings. The summed E-state index contributed by atoms with van der Waals surface area (Å²) in [5.74, 6) is 0.661. The van der Waals surface area contributed by atoms with Gasteiger partial charge in [0.15, 0.2) is 5.69 Å². The van der Waals surface area contributed by atoms with Gasteiger partial charge in [-0.15, -0.1) is 0 Å². The van der Waals surface area contributed by atoms with Crippen molar-refractivity contribution < 1.29 is 4.79 Å². The first-order chi connectivity index (χ1) is 15.7. The largest absolute Gasteiger partial charge is 0.356 e. The maximum Gasteiger partial charge on any atom is 0.274 e.